The van der Waals surface area contributed by atoms with Gasteiger partial charge < -0.3 is 14.6 Å². The molecule has 112 valence electrons. The Morgan fingerprint density at radius 3 is 3.14 bits per heavy atom. The minimum Gasteiger partial charge on any atom is -0.375 e. The molecule has 21 heavy (non-hydrogen) atoms. The second-order valence-corrected chi connectivity index (χ2v) is 5.44. The van der Waals surface area contributed by atoms with Crippen molar-refractivity contribution in [2.75, 3.05) is 19.7 Å². The summed E-state index contributed by atoms with van der Waals surface area (Å²) in [4.78, 5) is 22.0. The molecule has 0 saturated carbocycles. The van der Waals surface area contributed by atoms with Crippen LogP contribution in [0.15, 0.2) is 24.3 Å². The number of hydrogen-bond acceptors (Lipinski definition) is 3. The average Bonchev–Trinajstić information content (AvgIpc) is 2.95. The van der Waals surface area contributed by atoms with Crippen LogP contribution in [0.2, 0.25) is 0 Å². The van der Waals surface area contributed by atoms with Crippen molar-refractivity contribution in [1.29, 1.82) is 0 Å². The predicted molar refractivity (Wildman–Crippen MR) is 81.0 cm³/mol. The van der Waals surface area contributed by atoms with Gasteiger partial charge in [-0.1, -0.05) is 19.1 Å². The summed E-state index contributed by atoms with van der Waals surface area (Å²) in [6.07, 6.45) is 2.29. The van der Waals surface area contributed by atoms with Gasteiger partial charge in [-0.05, 0) is 18.6 Å². The van der Waals surface area contributed by atoms with Gasteiger partial charge in [-0.25, -0.2) is 4.98 Å². The quantitative estimate of drug-likeness (QED) is 0.937. The number of carbonyl (C=O) groups excluding carboxylic acids is 1. The summed E-state index contributed by atoms with van der Waals surface area (Å²) in [5.41, 5.74) is 1.98. The maximum atomic E-state index is 12.3. The Hall–Kier alpha value is -1.88. The number of carbonyl (C=O) groups is 1. The number of amides is 1. The highest BCUT2D eigenvalue weighted by molar-refractivity contribution is 5.77. The first-order valence-corrected chi connectivity index (χ1v) is 7.59. The number of benzene rings is 1. The van der Waals surface area contributed by atoms with E-state index in [0.29, 0.717) is 26.0 Å². The Bertz CT molecular complexity index is 590. The van der Waals surface area contributed by atoms with Gasteiger partial charge in [0, 0.05) is 25.9 Å². The van der Waals surface area contributed by atoms with Crippen LogP contribution < -0.4 is 0 Å². The lowest BCUT2D eigenvalue weighted by Crippen LogP contribution is -2.45. The molecule has 2 aromatic rings. The first kappa shape index (κ1) is 14.1. The van der Waals surface area contributed by atoms with Crippen molar-refractivity contribution in [3.05, 3.63) is 30.1 Å². The molecule has 1 N–H and O–H groups in total. The molecule has 2 heterocycles. The van der Waals surface area contributed by atoms with Crippen LogP contribution in [0.4, 0.5) is 0 Å². The van der Waals surface area contributed by atoms with Crippen molar-refractivity contribution in [2.45, 2.75) is 32.3 Å². The lowest BCUT2D eigenvalue weighted by atomic mass is 10.2. The summed E-state index contributed by atoms with van der Waals surface area (Å²) in [6, 6.07) is 7.93. The molecule has 5 nitrogen and oxygen atoms in total. The summed E-state index contributed by atoms with van der Waals surface area (Å²) in [5, 5.41) is 0. The van der Waals surface area contributed by atoms with Gasteiger partial charge in [0.1, 0.15) is 5.82 Å². The van der Waals surface area contributed by atoms with E-state index < -0.39 is 0 Å². The predicted octanol–water partition coefficient (Wildman–Crippen LogP) is 2.13. The maximum Gasteiger partial charge on any atom is 0.223 e. The van der Waals surface area contributed by atoms with Gasteiger partial charge in [0.05, 0.1) is 23.7 Å². The van der Waals surface area contributed by atoms with E-state index >= 15 is 0 Å². The third-order valence-corrected chi connectivity index (χ3v) is 3.96. The minimum absolute atomic E-state index is 0.189. The highest BCUT2D eigenvalue weighted by atomic mass is 16.5. The molecule has 0 bridgehead atoms. The van der Waals surface area contributed by atoms with Crippen LogP contribution in [0.5, 0.6) is 0 Å². The second kappa shape index (κ2) is 6.26. The highest BCUT2D eigenvalue weighted by Gasteiger charge is 2.22. The average molecular weight is 287 g/mol. The lowest BCUT2D eigenvalue weighted by Gasteiger charge is -2.32. The van der Waals surface area contributed by atoms with Crippen LogP contribution in [0.25, 0.3) is 11.0 Å². The van der Waals surface area contributed by atoms with Crippen LogP contribution >= 0.6 is 0 Å². The van der Waals surface area contributed by atoms with Gasteiger partial charge in [-0.2, -0.15) is 0 Å². The number of fused-ring (bicyclic) bond motifs is 1. The largest absolute Gasteiger partial charge is 0.375 e. The van der Waals surface area contributed by atoms with E-state index in [-0.39, 0.29) is 12.0 Å². The van der Waals surface area contributed by atoms with E-state index in [1.54, 1.807) is 0 Å². The molecular weight excluding hydrogens is 266 g/mol. The number of aromatic amines is 1. The van der Waals surface area contributed by atoms with E-state index in [1.807, 2.05) is 29.2 Å². The number of rotatable bonds is 4. The van der Waals surface area contributed by atoms with Crippen molar-refractivity contribution in [3.8, 4) is 0 Å². The fraction of sp³-hybridized carbons (Fsp3) is 0.500. The number of hydrogen-bond donors (Lipinski definition) is 1. The monoisotopic (exact) mass is 287 g/mol. The van der Waals surface area contributed by atoms with E-state index in [1.165, 1.54) is 0 Å². The fourth-order valence-electron chi connectivity index (χ4n) is 2.70. The zero-order valence-electron chi connectivity index (χ0n) is 12.3. The first-order valence-electron chi connectivity index (χ1n) is 7.59. The maximum absolute atomic E-state index is 12.3. The van der Waals surface area contributed by atoms with Crippen molar-refractivity contribution in [1.82, 2.24) is 14.9 Å². The molecule has 5 heteroatoms. The summed E-state index contributed by atoms with van der Waals surface area (Å²) in [5.74, 6) is 1.07. The minimum atomic E-state index is 0.189. The summed E-state index contributed by atoms with van der Waals surface area (Å²) in [7, 11) is 0. The van der Waals surface area contributed by atoms with Gasteiger partial charge in [-0.3, -0.25) is 4.79 Å². The summed E-state index contributed by atoms with van der Waals surface area (Å²) in [6.45, 7) is 4.16. The van der Waals surface area contributed by atoms with E-state index in [4.69, 9.17) is 4.74 Å². The number of H-pyrrole nitrogens is 1. The van der Waals surface area contributed by atoms with Crippen LogP contribution in [-0.2, 0) is 16.0 Å². The molecule has 3 rings (SSSR count). The molecule has 1 unspecified atom stereocenters. The lowest BCUT2D eigenvalue weighted by molar-refractivity contribution is -0.138. The Morgan fingerprint density at radius 1 is 1.48 bits per heavy atom. The van der Waals surface area contributed by atoms with Gasteiger partial charge in [0.2, 0.25) is 5.91 Å². The zero-order chi connectivity index (χ0) is 14.7. The van der Waals surface area contributed by atoms with E-state index in [9.17, 15) is 4.79 Å². The molecule has 1 atom stereocenters. The fourth-order valence-corrected chi connectivity index (χ4v) is 2.70. The van der Waals surface area contributed by atoms with Crippen molar-refractivity contribution < 1.29 is 9.53 Å². The van der Waals surface area contributed by atoms with Crippen LogP contribution in [0.1, 0.15) is 25.6 Å². The molecule has 0 aliphatic carbocycles. The number of nitrogens with zero attached hydrogens (tertiary/aromatic N) is 2. The van der Waals surface area contributed by atoms with Crippen LogP contribution in [-0.4, -0.2) is 46.6 Å². The highest BCUT2D eigenvalue weighted by Crippen LogP contribution is 2.13. The van der Waals surface area contributed by atoms with Crippen molar-refractivity contribution in [3.63, 3.8) is 0 Å². The Labute approximate surface area is 124 Å². The third kappa shape index (κ3) is 3.24. The zero-order valence-corrected chi connectivity index (χ0v) is 12.3. The normalized spacial score (nSPS) is 19.1. The van der Waals surface area contributed by atoms with E-state index in [2.05, 4.69) is 16.9 Å². The second-order valence-electron chi connectivity index (χ2n) is 5.44. The van der Waals surface area contributed by atoms with Gasteiger partial charge >= 0.3 is 0 Å². The van der Waals surface area contributed by atoms with Crippen LogP contribution in [0, 0.1) is 0 Å². The Morgan fingerprint density at radius 2 is 2.33 bits per heavy atom. The molecule has 1 saturated heterocycles. The van der Waals surface area contributed by atoms with Gasteiger partial charge in [0.15, 0.2) is 0 Å². The number of nitrogens with one attached hydrogen (secondary N) is 1. The Kier molecular flexibility index (Phi) is 4.20. The van der Waals surface area contributed by atoms with Gasteiger partial charge in [0.25, 0.3) is 0 Å². The molecule has 1 fully saturated rings. The Balaban J connectivity index is 1.57. The topological polar surface area (TPSA) is 58.2 Å². The molecule has 0 radical (unpaired) electrons. The SMILES string of the molecule is CCC1CN(C(=O)CCc2nc3ccccc3[nH]2)CCO1. The van der Waals surface area contributed by atoms with Crippen LogP contribution in [0.3, 0.4) is 0 Å². The number of aromatic nitrogens is 2. The third-order valence-electron chi connectivity index (χ3n) is 3.96. The summed E-state index contributed by atoms with van der Waals surface area (Å²) < 4.78 is 5.60. The molecule has 1 amide bonds. The number of ether oxygens (including phenoxy) is 1. The van der Waals surface area contributed by atoms with Gasteiger partial charge in [-0.15, -0.1) is 0 Å². The molecule has 0 spiro atoms. The van der Waals surface area contributed by atoms with Crippen molar-refractivity contribution in [2.24, 2.45) is 0 Å². The van der Waals surface area contributed by atoms with Crippen molar-refractivity contribution >= 4 is 16.9 Å². The molecular formula is C16H21N3O2. The molecule has 1 aromatic heterocycles. The first-order chi connectivity index (χ1) is 10.3. The number of aryl methyl sites for hydroxylation is 1. The standard InChI is InChI=1S/C16H21N3O2/c1-2-12-11-19(9-10-21-12)16(20)8-7-15-17-13-5-3-4-6-14(13)18-15/h3-6,12H,2,7-11H2,1H3,(H,17,18). The van der Waals surface area contributed by atoms with E-state index in [0.717, 1.165) is 29.8 Å². The molecule has 1 aromatic carbocycles. The summed E-state index contributed by atoms with van der Waals surface area (Å²) >= 11 is 0. The number of para-hydroxylation sites is 2. The number of imidazole rings is 1. The smallest absolute Gasteiger partial charge is 0.223 e. The number of morpholine rings is 1. The molecule has 1 aliphatic heterocycles. The molecule has 1 aliphatic rings.